The van der Waals surface area contributed by atoms with E-state index in [-0.39, 0.29) is 11.3 Å². The second-order valence-corrected chi connectivity index (χ2v) is 8.38. The zero-order chi connectivity index (χ0) is 17.6. The Morgan fingerprint density at radius 1 is 1.36 bits per heavy atom. The van der Waals surface area contributed by atoms with Crippen LogP contribution in [0.15, 0.2) is 11.7 Å². The van der Waals surface area contributed by atoms with Crippen molar-refractivity contribution in [2.75, 3.05) is 25.0 Å². The number of carbonyl (C=O) groups is 1. The van der Waals surface area contributed by atoms with Crippen LogP contribution in [0.25, 0.3) is 0 Å². The molecule has 0 N–H and O–H groups in total. The predicted molar refractivity (Wildman–Crippen MR) is 97.9 cm³/mol. The Morgan fingerprint density at radius 2 is 2.20 bits per heavy atom. The Kier molecular flexibility index (Phi) is 4.08. The van der Waals surface area contributed by atoms with Crippen LogP contribution in [0.5, 0.6) is 0 Å². The SMILES string of the molecule is Cc1nc([C@]2(C)CCCN(Cc3cncs3)C2)nc2c1CC(=O)N2C. The van der Waals surface area contributed by atoms with Crippen molar-refractivity contribution in [1.29, 1.82) is 0 Å². The molecule has 1 fully saturated rings. The van der Waals surface area contributed by atoms with Gasteiger partial charge in [-0.25, -0.2) is 9.97 Å². The molecule has 2 aliphatic heterocycles. The van der Waals surface area contributed by atoms with Crippen molar-refractivity contribution in [3.63, 3.8) is 0 Å². The molecule has 1 saturated heterocycles. The van der Waals surface area contributed by atoms with Crippen molar-refractivity contribution in [3.8, 4) is 0 Å². The van der Waals surface area contributed by atoms with Crippen LogP contribution in [0.4, 0.5) is 5.82 Å². The molecule has 4 heterocycles. The first kappa shape index (κ1) is 16.6. The van der Waals surface area contributed by atoms with Gasteiger partial charge in [-0.3, -0.25) is 19.6 Å². The zero-order valence-electron chi connectivity index (χ0n) is 14.9. The lowest BCUT2D eigenvalue weighted by atomic mass is 9.80. The van der Waals surface area contributed by atoms with Gasteiger partial charge < -0.3 is 0 Å². The number of hydrogen-bond acceptors (Lipinski definition) is 6. The summed E-state index contributed by atoms with van der Waals surface area (Å²) in [7, 11) is 1.81. The fraction of sp³-hybridized carbons (Fsp3) is 0.556. The molecule has 132 valence electrons. The molecule has 0 aromatic carbocycles. The summed E-state index contributed by atoms with van der Waals surface area (Å²) in [5, 5.41) is 0. The minimum atomic E-state index is -0.0881. The van der Waals surface area contributed by atoms with E-state index in [1.54, 1.807) is 16.2 Å². The number of thiazole rings is 1. The number of rotatable bonds is 3. The number of hydrogen-bond donors (Lipinski definition) is 0. The van der Waals surface area contributed by atoms with Crippen molar-refractivity contribution in [3.05, 3.63) is 33.7 Å². The second kappa shape index (κ2) is 6.14. The molecule has 0 unspecified atom stereocenters. The summed E-state index contributed by atoms with van der Waals surface area (Å²) in [6.45, 7) is 7.21. The molecular formula is C18H23N5OS. The molecule has 0 bridgehead atoms. The third kappa shape index (κ3) is 2.95. The maximum atomic E-state index is 12.0. The van der Waals surface area contributed by atoms with Crippen molar-refractivity contribution >= 4 is 23.1 Å². The molecule has 0 spiro atoms. The molecular weight excluding hydrogens is 334 g/mol. The number of amides is 1. The molecule has 1 amide bonds. The van der Waals surface area contributed by atoms with Crippen LogP contribution in [0, 0.1) is 6.92 Å². The Labute approximate surface area is 151 Å². The molecule has 1 atom stereocenters. The van der Waals surface area contributed by atoms with Gasteiger partial charge >= 0.3 is 0 Å². The van der Waals surface area contributed by atoms with Crippen LogP contribution in [-0.2, 0) is 23.2 Å². The van der Waals surface area contributed by atoms with Crippen LogP contribution in [0.1, 0.15) is 41.7 Å². The normalized spacial score (nSPS) is 24.0. The quantitative estimate of drug-likeness (QED) is 0.844. The van der Waals surface area contributed by atoms with Gasteiger partial charge in [0.05, 0.1) is 11.9 Å². The Balaban J connectivity index is 1.62. The molecule has 0 aliphatic carbocycles. The summed E-state index contributed by atoms with van der Waals surface area (Å²) < 4.78 is 0. The number of nitrogens with zero attached hydrogens (tertiary/aromatic N) is 5. The lowest BCUT2D eigenvalue weighted by Gasteiger charge is -2.39. The average molecular weight is 357 g/mol. The molecule has 2 aromatic heterocycles. The van der Waals surface area contributed by atoms with Crippen LogP contribution in [0.2, 0.25) is 0 Å². The lowest BCUT2D eigenvalue weighted by Crippen LogP contribution is -2.45. The highest BCUT2D eigenvalue weighted by molar-refractivity contribution is 7.09. The molecule has 2 aliphatic rings. The van der Waals surface area contributed by atoms with E-state index in [0.717, 1.165) is 55.4 Å². The fourth-order valence-electron chi connectivity index (χ4n) is 3.93. The summed E-state index contributed by atoms with van der Waals surface area (Å²) in [4.78, 5) is 31.3. The number of aromatic nitrogens is 3. The van der Waals surface area contributed by atoms with Crippen LogP contribution in [0.3, 0.4) is 0 Å². The zero-order valence-corrected chi connectivity index (χ0v) is 15.8. The Bertz CT molecular complexity index is 806. The summed E-state index contributed by atoms with van der Waals surface area (Å²) >= 11 is 1.70. The van der Waals surface area contributed by atoms with Crippen LogP contribution < -0.4 is 4.90 Å². The number of anilines is 1. The first-order chi connectivity index (χ1) is 12.0. The summed E-state index contributed by atoms with van der Waals surface area (Å²) in [5.41, 5.74) is 3.73. The van der Waals surface area contributed by atoms with Gasteiger partial charge in [0, 0.05) is 47.9 Å². The van der Waals surface area contributed by atoms with E-state index < -0.39 is 0 Å². The van der Waals surface area contributed by atoms with Gasteiger partial charge in [-0.15, -0.1) is 11.3 Å². The monoisotopic (exact) mass is 357 g/mol. The van der Waals surface area contributed by atoms with Gasteiger partial charge in [0.15, 0.2) is 0 Å². The number of likely N-dealkylation sites (tertiary alicyclic amines) is 1. The van der Waals surface area contributed by atoms with E-state index in [4.69, 9.17) is 9.97 Å². The average Bonchev–Trinajstić information content (AvgIpc) is 3.18. The highest BCUT2D eigenvalue weighted by atomic mass is 32.1. The molecule has 4 rings (SSSR count). The molecule has 0 saturated carbocycles. The summed E-state index contributed by atoms with van der Waals surface area (Å²) in [6.07, 6.45) is 4.57. The smallest absolute Gasteiger partial charge is 0.232 e. The van der Waals surface area contributed by atoms with Crippen LogP contribution >= 0.6 is 11.3 Å². The predicted octanol–water partition coefficient (Wildman–Crippen LogP) is 2.31. The van der Waals surface area contributed by atoms with Crippen molar-refractivity contribution in [1.82, 2.24) is 19.9 Å². The van der Waals surface area contributed by atoms with Gasteiger partial charge in [-0.2, -0.15) is 0 Å². The number of aryl methyl sites for hydroxylation is 1. The largest absolute Gasteiger partial charge is 0.299 e. The second-order valence-electron chi connectivity index (χ2n) is 7.41. The van der Waals surface area contributed by atoms with Gasteiger partial charge in [0.25, 0.3) is 0 Å². The molecule has 2 aromatic rings. The lowest BCUT2D eigenvalue weighted by molar-refractivity contribution is -0.117. The fourth-order valence-corrected chi connectivity index (χ4v) is 4.56. The first-order valence-electron chi connectivity index (χ1n) is 8.70. The topological polar surface area (TPSA) is 62.2 Å². The molecule has 7 heteroatoms. The standard InChI is InChI=1S/C18H23N5OS/c1-12-14-7-15(24)22(3)16(14)21-17(20-12)18(2)5-4-6-23(10-18)9-13-8-19-11-25-13/h8,11H,4-7,9-10H2,1-3H3/t18-/m1/s1. The number of carbonyl (C=O) groups excluding carboxylic acids is 1. The third-order valence-corrected chi connectivity index (χ3v) is 6.15. The van der Waals surface area contributed by atoms with E-state index in [2.05, 4.69) is 16.8 Å². The minimum absolute atomic E-state index is 0.0881. The third-order valence-electron chi connectivity index (χ3n) is 5.39. The Hall–Kier alpha value is -1.86. The minimum Gasteiger partial charge on any atom is -0.299 e. The van der Waals surface area contributed by atoms with E-state index in [9.17, 15) is 4.79 Å². The number of piperidine rings is 1. The van der Waals surface area contributed by atoms with Gasteiger partial charge in [0.1, 0.15) is 11.6 Å². The molecule has 0 radical (unpaired) electrons. The van der Waals surface area contributed by atoms with Crippen molar-refractivity contribution in [2.45, 2.75) is 45.1 Å². The highest BCUT2D eigenvalue weighted by Crippen LogP contribution is 2.36. The molecule has 6 nitrogen and oxygen atoms in total. The first-order valence-corrected chi connectivity index (χ1v) is 9.58. The summed E-state index contributed by atoms with van der Waals surface area (Å²) in [6, 6.07) is 0. The van der Waals surface area contributed by atoms with E-state index in [1.165, 1.54) is 4.88 Å². The Morgan fingerprint density at radius 3 is 2.96 bits per heavy atom. The van der Waals surface area contributed by atoms with Gasteiger partial charge in [-0.1, -0.05) is 6.92 Å². The van der Waals surface area contributed by atoms with Gasteiger partial charge in [-0.05, 0) is 26.3 Å². The van der Waals surface area contributed by atoms with Crippen LogP contribution in [-0.4, -0.2) is 45.9 Å². The maximum absolute atomic E-state index is 12.0. The van der Waals surface area contributed by atoms with E-state index >= 15 is 0 Å². The number of likely N-dealkylation sites (N-methyl/N-ethyl adjacent to an activating group) is 1. The highest BCUT2D eigenvalue weighted by Gasteiger charge is 2.38. The van der Waals surface area contributed by atoms with Gasteiger partial charge in [0.2, 0.25) is 5.91 Å². The maximum Gasteiger partial charge on any atom is 0.232 e. The van der Waals surface area contributed by atoms with Crippen molar-refractivity contribution < 1.29 is 4.79 Å². The summed E-state index contributed by atoms with van der Waals surface area (Å²) in [5.74, 6) is 1.78. The number of fused-ring (bicyclic) bond motifs is 1. The van der Waals surface area contributed by atoms with Crippen molar-refractivity contribution in [2.24, 2.45) is 0 Å². The van der Waals surface area contributed by atoms with E-state index in [0.29, 0.717) is 6.42 Å². The van der Waals surface area contributed by atoms with E-state index in [1.807, 2.05) is 25.7 Å². The molecule has 25 heavy (non-hydrogen) atoms.